The molecule has 1 aromatic carbocycles. The second kappa shape index (κ2) is 6.59. The predicted molar refractivity (Wildman–Crippen MR) is 77.5 cm³/mol. The maximum atomic E-state index is 13.0. The molecule has 19 heavy (non-hydrogen) atoms. The lowest BCUT2D eigenvalue weighted by molar-refractivity contribution is 0.628. The molecular formula is C12H12Cl2FN3S. The Morgan fingerprint density at radius 3 is 2.84 bits per heavy atom. The maximum Gasteiger partial charge on any atom is 0.191 e. The van der Waals surface area contributed by atoms with Gasteiger partial charge in [0.05, 0.1) is 5.02 Å². The van der Waals surface area contributed by atoms with E-state index in [1.54, 1.807) is 17.8 Å². The van der Waals surface area contributed by atoms with Gasteiger partial charge in [-0.15, -0.1) is 21.8 Å². The van der Waals surface area contributed by atoms with Crippen LogP contribution in [0.4, 0.5) is 4.39 Å². The van der Waals surface area contributed by atoms with E-state index in [0.717, 1.165) is 17.3 Å². The number of alkyl halides is 1. The molecule has 0 atom stereocenters. The molecule has 0 spiro atoms. The van der Waals surface area contributed by atoms with Crippen molar-refractivity contribution in [2.75, 3.05) is 11.6 Å². The highest BCUT2D eigenvalue weighted by Crippen LogP contribution is 2.29. The van der Waals surface area contributed by atoms with E-state index in [1.807, 2.05) is 11.6 Å². The molecular weight excluding hydrogens is 308 g/mol. The zero-order valence-corrected chi connectivity index (χ0v) is 12.6. The fourth-order valence-electron chi connectivity index (χ4n) is 1.56. The smallest absolute Gasteiger partial charge is 0.191 e. The molecule has 2 rings (SSSR count). The molecule has 0 saturated carbocycles. The van der Waals surface area contributed by atoms with Crippen LogP contribution in [0.15, 0.2) is 23.4 Å². The first kappa shape index (κ1) is 14.6. The van der Waals surface area contributed by atoms with Crippen LogP contribution in [-0.2, 0) is 7.05 Å². The van der Waals surface area contributed by atoms with Crippen LogP contribution >= 0.6 is 35.0 Å². The van der Waals surface area contributed by atoms with Gasteiger partial charge in [0.15, 0.2) is 11.0 Å². The third-order valence-corrected chi connectivity index (χ3v) is 4.20. The second-order valence-electron chi connectivity index (χ2n) is 3.88. The minimum Gasteiger partial charge on any atom is -0.305 e. The van der Waals surface area contributed by atoms with Gasteiger partial charge in [-0.3, -0.25) is 0 Å². The van der Waals surface area contributed by atoms with E-state index < -0.39 is 0 Å². The quantitative estimate of drug-likeness (QED) is 0.474. The molecule has 1 aromatic heterocycles. The van der Waals surface area contributed by atoms with E-state index in [-0.39, 0.29) is 5.82 Å². The summed E-state index contributed by atoms with van der Waals surface area (Å²) in [5.41, 5.74) is 0.669. The molecule has 0 bridgehead atoms. The van der Waals surface area contributed by atoms with Gasteiger partial charge in [0.2, 0.25) is 0 Å². The summed E-state index contributed by atoms with van der Waals surface area (Å²) in [5.74, 6) is 1.76. The summed E-state index contributed by atoms with van der Waals surface area (Å²) in [5, 5.41) is 9.33. The van der Waals surface area contributed by atoms with Crippen molar-refractivity contribution < 1.29 is 4.39 Å². The largest absolute Gasteiger partial charge is 0.305 e. The summed E-state index contributed by atoms with van der Waals surface area (Å²) in [4.78, 5) is 0. The number of nitrogens with zero attached hydrogens (tertiary/aromatic N) is 3. The average molecular weight is 320 g/mol. The molecule has 0 aliphatic heterocycles. The van der Waals surface area contributed by atoms with Crippen LogP contribution in [0, 0.1) is 5.82 Å². The summed E-state index contributed by atoms with van der Waals surface area (Å²) >= 11 is 13.2. The van der Waals surface area contributed by atoms with Crippen LogP contribution in [0.5, 0.6) is 0 Å². The van der Waals surface area contributed by atoms with Crippen molar-refractivity contribution in [1.82, 2.24) is 14.8 Å². The van der Waals surface area contributed by atoms with Crippen molar-refractivity contribution in [1.29, 1.82) is 0 Å². The minimum absolute atomic E-state index is 0.327. The first-order valence-electron chi connectivity index (χ1n) is 5.67. The van der Waals surface area contributed by atoms with Gasteiger partial charge < -0.3 is 4.57 Å². The molecule has 7 heteroatoms. The van der Waals surface area contributed by atoms with Crippen molar-refractivity contribution in [3.05, 3.63) is 29.0 Å². The van der Waals surface area contributed by atoms with Gasteiger partial charge in [-0.25, -0.2) is 4.39 Å². The van der Waals surface area contributed by atoms with E-state index in [9.17, 15) is 4.39 Å². The zero-order valence-electron chi connectivity index (χ0n) is 10.2. The van der Waals surface area contributed by atoms with Crippen LogP contribution in [0.25, 0.3) is 11.4 Å². The Morgan fingerprint density at radius 2 is 2.16 bits per heavy atom. The first-order chi connectivity index (χ1) is 9.13. The molecule has 0 aliphatic rings. The Balaban J connectivity index is 2.26. The van der Waals surface area contributed by atoms with Gasteiger partial charge in [-0.1, -0.05) is 23.4 Å². The standard InChI is InChI=1S/C12H12Cl2FN3S/c1-18-11(9-4-3-8(15)7-10(9)14)16-17-12(18)19-6-2-5-13/h3-4,7H,2,5-6H2,1H3. The number of rotatable bonds is 5. The molecule has 2 aromatic rings. The number of thioether (sulfide) groups is 1. The van der Waals surface area contributed by atoms with Crippen molar-refractivity contribution in [2.24, 2.45) is 7.05 Å². The van der Waals surface area contributed by atoms with Gasteiger partial charge in [-0.05, 0) is 24.6 Å². The van der Waals surface area contributed by atoms with Crippen molar-refractivity contribution in [2.45, 2.75) is 11.6 Å². The SMILES string of the molecule is Cn1c(SCCCCl)nnc1-c1ccc(F)cc1Cl. The third kappa shape index (κ3) is 3.41. The van der Waals surface area contributed by atoms with E-state index in [1.165, 1.54) is 12.1 Å². The summed E-state index contributed by atoms with van der Waals surface area (Å²) < 4.78 is 14.9. The Kier molecular flexibility index (Phi) is 5.07. The van der Waals surface area contributed by atoms with Gasteiger partial charge >= 0.3 is 0 Å². The molecule has 102 valence electrons. The Bertz CT molecular complexity index is 574. The van der Waals surface area contributed by atoms with E-state index in [0.29, 0.717) is 22.3 Å². The lowest BCUT2D eigenvalue weighted by atomic mass is 10.2. The van der Waals surface area contributed by atoms with Gasteiger partial charge in [-0.2, -0.15) is 0 Å². The monoisotopic (exact) mass is 319 g/mol. The van der Waals surface area contributed by atoms with E-state index >= 15 is 0 Å². The average Bonchev–Trinajstić information content (AvgIpc) is 2.72. The van der Waals surface area contributed by atoms with Crippen LogP contribution < -0.4 is 0 Å². The molecule has 0 amide bonds. The zero-order chi connectivity index (χ0) is 13.8. The maximum absolute atomic E-state index is 13.0. The number of aromatic nitrogens is 3. The first-order valence-corrected chi connectivity index (χ1v) is 7.57. The van der Waals surface area contributed by atoms with E-state index in [4.69, 9.17) is 23.2 Å². The highest BCUT2D eigenvalue weighted by atomic mass is 35.5. The highest BCUT2D eigenvalue weighted by Gasteiger charge is 2.14. The Hall–Kier alpha value is -0.780. The van der Waals surface area contributed by atoms with Crippen molar-refractivity contribution in [3.8, 4) is 11.4 Å². The lowest BCUT2D eigenvalue weighted by Crippen LogP contribution is -1.96. The molecule has 1 heterocycles. The lowest BCUT2D eigenvalue weighted by Gasteiger charge is -2.05. The summed E-state index contributed by atoms with van der Waals surface area (Å²) in [7, 11) is 1.86. The Labute approximate surface area is 125 Å². The molecule has 0 aliphatic carbocycles. The molecule has 0 saturated heterocycles. The van der Waals surface area contributed by atoms with Gasteiger partial charge in [0.25, 0.3) is 0 Å². The minimum atomic E-state index is -0.368. The fraction of sp³-hybridized carbons (Fsp3) is 0.333. The molecule has 0 radical (unpaired) electrons. The molecule has 0 fully saturated rings. The predicted octanol–water partition coefficient (Wildman–Crippen LogP) is 4.00. The fourth-order valence-corrected chi connectivity index (χ4v) is 2.96. The van der Waals surface area contributed by atoms with Crippen LogP contribution in [0.1, 0.15) is 6.42 Å². The molecule has 0 N–H and O–H groups in total. The van der Waals surface area contributed by atoms with Crippen molar-refractivity contribution >= 4 is 35.0 Å². The third-order valence-electron chi connectivity index (χ3n) is 2.52. The van der Waals surface area contributed by atoms with Gasteiger partial charge in [0, 0.05) is 24.2 Å². The highest BCUT2D eigenvalue weighted by molar-refractivity contribution is 7.99. The summed E-state index contributed by atoms with van der Waals surface area (Å²) in [6, 6.07) is 4.23. The van der Waals surface area contributed by atoms with Crippen LogP contribution in [-0.4, -0.2) is 26.4 Å². The molecule has 0 unspecified atom stereocenters. The van der Waals surface area contributed by atoms with Crippen molar-refractivity contribution in [3.63, 3.8) is 0 Å². The van der Waals surface area contributed by atoms with Gasteiger partial charge in [0.1, 0.15) is 5.82 Å². The second-order valence-corrected chi connectivity index (χ2v) is 5.73. The van der Waals surface area contributed by atoms with Crippen LogP contribution in [0.2, 0.25) is 5.02 Å². The topological polar surface area (TPSA) is 30.7 Å². The summed E-state index contributed by atoms with van der Waals surface area (Å²) in [6.45, 7) is 0. The molecule has 3 nitrogen and oxygen atoms in total. The van der Waals surface area contributed by atoms with Crippen LogP contribution in [0.3, 0.4) is 0 Å². The summed E-state index contributed by atoms with van der Waals surface area (Å²) in [6.07, 6.45) is 0.908. The number of benzene rings is 1. The van der Waals surface area contributed by atoms with E-state index in [2.05, 4.69) is 10.2 Å². The normalized spacial score (nSPS) is 10.9. The number of hydrogen-bond donors (Lipinski definition) is 0. The number of hydrogen-bond acceptors (Lipinski definition) is 3. The number of halogens is 3. The Morgan fingerprint density at radius 1 is 1.37 bits per heavy atom.